The lowest BCUT2D eigenvalue weighted by atomic mass is 9.79. The predicted molar refractivity (Wildman–Crippen MR) is 241 cm³/mol. The standard InChI is InChI=1S/C50H99NO5/c1-7-11-15-19-21-29-39-49(5,37-27-17-13-9-3)47(53)55-45-35-25-23-31-41-51(43-33-34-44-52)42-32-24-26-36-46-56-48(54)50(6,38-28-18-14-10-4)40-30-22-20-16-12-8-2/h52H,7-46H2,1-6H3. The summed E-state index contributed by atoms with van der Waals surface area (Å²) in [5.41, 5.74) is -0.667. The Kier molecular flexibility index (Phi) is 38.5. The van der Waals surface area contributed by atoms with Gasteiger partial charge < -0.3 is 19.5 Å². The number of hydrogen-bond donors (Lipinski definition) is 1. The summed E-state index contributed by atoms with van der Waals surface area (Å²) in [6.45, 7) is 17.9. The second kappa shape index (κ2) is 39.3. The molecule has 6 nitrogen and oxygen atoms in total. The van der Waals surface area contributed by atoms with Crippen molar-refractivity contribution in [3.63, 3.8) is 0 Å². The molecule has 2 unspecified atom stereocenters. The molecular weight excluding hydrogens is 695 g/mol. The third-order valence-electron chi connectivity index (χ3n) is 12.4. The van der Waals surface area contributed by atoms with Gasteiger partial charge in [0.1, 0.15) is 0 Å². The molecule has 334 valence electrons. The van der Waals surface area contributed by atoms with Crippen LogP contribution < -0.4 is 0 Å². The van der Waals surface area contributed by atoms with Crippen LogP contribution in [0.25, 0.3) is 0 Å². The van der Waals surface area contributed by atoms with E-state index < -0.39 is 0 Å². The molecule has 0 aliphatic rings. The molecule has 0 radical (unpaired) electrons. The minimum Gasteiger partial charge on any atom is -0.465 e. The molecule has 6 heteroatoms. The third-order valence-corrected chi connectivity index (χ3v) is 12.4. The summed E-state index contributed by atoms with van der Waals surface area (Å²) < 4.78 is 11.9. The van der Waals surface area contributed by atoms with E-state index in [1.807, 2.05) is 0 Å². The van der Waals surface area contributed by atoms with Crippen LogP contribution in [0.4, 0.5) is 0 Å². The SMILES string of the molecule is CCCCCCCCC(C)(CCCCCC)C(=O)OCCCCCCN(CCCCO)CCCCCCOC(=O)C(C)(CCCCCC)CCCCCCCC. The van der Waals surface area contributed by atoms with Gasteiger partial charge in [-0.1, -0.05) is 182 Å². The summed E-state index contributed by atoms with van der Waals surface area (Å²) >= 11 is 0. The Morgan fingerprint density at radius 3 is 1.00 bits per heavy atom. The van der Waals surface area contributed by atoms with Crippen molar-refractivity contribution in [1.82, 2.24) is 4.90 Å². The first-order chi connectivity index (χ1) is 27.2. The van der Waals surface area contributed by atoms with Gasteiger partial charge in [-0.15, -0.1) is 0 Å². The fourth-order valence-corrected chi connectivity index (χ4v) is 8.18. The number of hydrogen-bond acceptors (Lipinski definition) is 6. The van der Waals surface area contributed by atoms with E-state index in [0.717, 1.165) is 135 Å². The maximum Gasteiger partial charge on any atom is 0.311 e. The monoisotopic (exact) mass is 794 g/mol. The number of aliphatic hydroxyl groups is 1. The molecule has 0 aromatic heterocycles. The van der Waals surface area contributed by atoms with Gasteiger partial charge in [0.05, 0.1) is 24.0 Å². The average molecular weight is 794 g/mol. The lowest BCUT2D eigenvalue weighted by Crippen LogP contribution is -2.30. The summed E-state index contributed by atoms with van der Waals surface area (Å²) in [5.74, 6) is 0.0751. The Morgan fingerprint density at radius 1 is 0.393 bits per heavy atom. The molecular formula is C50H99NO5. The molecule has 56 heavy (non-hydrogen) atoms. The van der Waals surface area contributed by atoms with Crippen molar-refractivity contribution >= 4 is 11.9 Å². The van der Waals surface area contributed by atoms with Gasteiger partial charge in [-0.2, -0.15) is 0 Å². The first kappa shape index (κ1) is 54.9. The molecule has 1 N–H and O–H groups in total. The quantitative estimate of drug-likeness (QED) is 0.0489. The Morgan fingerprint density at radius 2 is 0.661 bits per heavy atom. The lowest BCUT2D eigenvalue weighted by Gasteiger charge is -2.28. The molecule has 2 atom stereocenters. The zero-order valence-electron chi connectivity index (χ0n) is 38.8. The Hall–Kier alpha value is -1.14. The largest absolute Gasteiger partial charge is 0.465 e. The van der Waals surface area contributed by atoms with Crippen LogP contribution in [0, 0.1) is 10.8 Å². The van der Waals surface area contributed by atoms with Crippen LogP contribution in [0.3, 0.4) is 0 Å². The van der Waals surface area contributed by atoms with Gasteiger partial charge in [-0.25, -0.2) is 0 Å². The molecule has 0 heterocycles. The van der Waals surface area contributed by atoms with Gasteiger partial charge in [0.25, 0.3) is 0 Å². The molecule has 0 bridgehead atoms. The Balaban J connectivity index is 4.53. The minimum absolute atomic E-state index is 0.0376. The third kappa shape index (κ3) is 30.9. The summed E-state index contributed by atoms with van der Waals surface area (Å²) in [7, 11) is 0. The lowest BCUT2D eigenvalue weighted by molar-refractivity contribution is -0.157. The fourth-order valence-electron chi connectivity index (χ4n) is 8.18. The number of esters is 2. The van der Waals surface area contributed by atoms with Crippen molar-refractivity contribution < 1.29 is 24.2 Å². The number of unbranched alkanes of at least 4 members (excludes halogenated alkanes) is 23. The highest BCUT2D eigenvalue weighted by Crippen LogP contribution is 2.34. The first-order valence-corrected chi connectivity index (χ1v) is 24.9. The van der Waals surface area contributed by atoms with Gasteiger partial charge in [-0.3, -0.25) is 9.59 Å². The van der Waals surface area contributed by atoms with Crippen LogP contribution in [0.1, 0.15) is 260 Å². The van der Waals surface area contributed by atoms with E-state index >= 15 is 0 Å². The fraction of sp³-hybridized carbons (Fsp3) is 0.960. The number of ether oxygens (including phenoxy) is 2. The number of carbonyl (C=O) groups is 2. The van der Waals surface area contributed by atoms with Crippen molar-refractivity contribution in [2.75, 3.05) is 39.5 Å². The highest BCUT2D eigenvalue weighted by atomic mass is 16.5. The van der Waals surface area contributed by atoms with E-state index in [9.17, 15) is 14.7 Å². The molecule has 0 aromatic carbocycles. The number of carbonyl (C=O) groups excluding carboxylic acids is 2. The average Bonchev–Trinajstić information content (AvgIpc) is 3.19. The van der Waals surface area contributed by atoms with E-state index in [4.69, 9.17) is 9.47 Å². The molecule has 0 aliphatic carbocycles. The Labute approximate surface area is 350 Å². The zero-order valence-corrected chi connectivity index (χ0v) is 38.8. The summed E-state index contributed by atoms with van der Waals surface area (Å²) in [4.78, 5) is 29.2. The van der Waals surface area contributed by atoms with E-state index in [1.165, 1.54) is 103 Å². The van der Waals surface area contributed by atoms with Crippen molar-refractivity contribution in [3.8, 4) is 0 Å². The topological polar surface area (TPSA) is 76.1 Å². The van der Waals surface area contributed by atoms with E-state index in [2.05, 4.69) is 46.4 Å². The van der Waals surface area contributed by atoms with Crippen LogP contribution in [0.15, 0.2) is 0 Å². The Bertz CT molecular complexity index is 802. The van der Waals surface area contributed by atoms with Gasteiger partial charge in [0, 0.05) is 6.61 Å². The predicted octanol–water partition coefficient (Wildman–Crippen LogP) is 14.7. The number of nitrogens with zero attached hydrogens (tertiary/aromatic N) is 1. The van der Waals surface area contributed by atoms with Crippen LogP contribution >= 0.6 is 0 Å². The van der Waals surface area contributed by atoms with E-state index in [-0.39, 0.29) is 29.4 Å². The zero-order chi connectivity index (χ0) is 41.4. The molecule has 0 amide bonds. The molecule has 0 aliphatic heterocycles. The number of rotatable bonds is 44. The summed E-state index contributed by atoms with van der Waals surface area (Å²) in [6.07, 6.45) is 39.1. The summed E-state index contributed by atoms with van der Waals surface area (Å²) in [5, 5.41) is 9.35. The van der Waals surface area contributed by atoms with E-state index in [1.54, 1.807) is 0 Å². The molecule has 0 spiro atoms. The number of aliphatic hydroxyl groups excluding tert-OH is 1. The van der Waals surface area contributed by atoms with Crippen LogP contribution in [-0.4, -0.2) is 61.4 Å². The van der Waals surface area contributed by atoms with Crippen molar-refractivity contribution in [1.29, 1.82) is 0 Å². The molecule has 0 rings (SSSR count). The molecule has 0 aromatic rings. The van der Waals surface area contributed by atoms with Crippen molar-refractivity contribution in [3.05, 3.63) is 0 Å². The molecule has 0 saturated carbocycles. The first-order valence-electron chi connectivity index (χ1n) is 24.9. The minimum atomic E-state index is -0.333. The van der Waals surface area contributed by atoms with Gasteiger partial charge >= 0.3 is 11.9 Å². The normalized spacial score (nSPS) is 13.9. The molecule has 0 fully saturated rings. The van der Waals surface area contributed by atoms with Gasteiger partial charge in [0.15, 0.2) is 0 Å². The van der Waals surface area contributed by atoms with Crippen LogP contribution in [0.5, 0.6) is 0 Å². The van der Waals surface area contributed by atoms with Gasteiger partial charge in [0.2, 0.25) is 0 Å². The van der Waals surface area contributed by atoms with Crippen molar-refractivity contribution in [2.24, 2.45) is 10.8 Å². The highest BCUT2D eigenvalue weighted by Gasteiger charge is 2.34. The second-order valence-corrected chi connectivity index (χ2v) is 18.2. The maximum absolute atomic E-state index is 13.3. The highest BCUT2D eigenvalue weighted by molar-refractivity contribution is 5.76. The van der Waals surface area contributed by atoms with Crippen LogP contribution in [0.2, 0.25) is 0 Å². The smallest absolute Gasteiger partial charge is 0.311 e. The van der Waals surface area contributed by atoms with E-state index in [0.29, 0.717) is 13.2 Å². The summed E-state index contributed by atoms with van der Waals surface area (Å²) in [6, 6.07) is 0. The molecule has 0 saturated heterocycles. The second-order valence-electron chi connectivity index (χ2n) is 18.2. The van der Waals surface area contributed by atoms with Gasteiger partial charge in [-0.05, 0) is 97.7 Å². The maximum atomic E-state index is 13.3. The van der Waals surface area contributed by atoms with Crippen LogP contribution in [-0.2, 0) is 19.1 Å². The van der Waals surface area contributed by atoms with Crippen molar-refractivity contribution in [2.45, 2.75) is 260 Å².